The summed E-state index contributed by atoms with van der Waals surface area (Å²) in [6.07, 6.45) is 1.67. The average molecular weight is 298 g/mol. The van der Waals surface area contributed by atoms with E-state index >= 15 is 0 Å². The highest BCUT2D eigenvalue weighted by molar-refractivity contribution is 6.31. The third-order valence-corrected chi connectivity index (χ3v) is 3.76. The standard InChI is InChI=1S/C15H20ClNO3/c1-10-8-12(5-6-14(10)16)20-11(2)15(18)17-9-13-4-3-7-19-13/h5-6,8,11,13H,3-4,7,9H2,1-2H3,(H,17,18)/t11-,13+/m1/s1. The fourth-order valence-electron chi connectivity index (χ4n) is 2.11. The Balaban J connectivity index is 1.81. The van der Waals surface area contributed by atoms with Crippen molar-refractivity contribution < 1.29 is 14.3 Å². The van der Waals surface area contributed by atoms with Crippen molar-refractivity contribution in [1.29, 1.82) is 0 Å². The second-order valence-corrected chi connectivity index (χ2v) is 5.46. The molecular formula is C15H20ClNO3. The molecule has 1 N–H and O–H groups in total. The van der Waals surface area contributed by atoms with Crippen molar-refractivity contribution in [3.8, 4) is 5.75 Å². The lowest BCUT2D eigenvalue weighted by molar-refractivity contribution is -0.127. The van der Waals surface area contributed by atoms with Gasteiger partial charge in [-0.3, -0.25) is 4.79 Å². The van der Waals surface area contributed by atoms with Gasteiger partial charge < -0.3 is 14.8 Å². The molecule has 0 aliphatic carbocycles. The van der Waals surface area contributed by atoms with Crippen LogP contribution in [0, 0.1) is 6.92 Å². The van der Waals surface area contributed by atoms with Gasteiger partial charge in [-0.2, -0.15) is 0 Å². The predicted molar refractivity (Wildman–Crippen MR) is 78.3 cm³/mol. The van der Waals surface area contributed by atoms with E-state index in [4.69, 9.17) is 21.1 Å². The van der Waals surface area contributed by atoms with E-state index in [0.717, 1.165) is 25.0 Å². The number of halogens is 1. The minimum atomic E-state index is -0.544. The summed E-state index contributed by atoms with van der Waals surface area (Å²) >= 11 is 5.95. The quantitative estimate of drug-likeness (QED) is 0.909. The first-order chi connectivity index (χ1) is 9.56. The van der Waals surface area contributed by atoms with Gasteiger partial charge in [0.25, 0.3) is 5.91 Å². The summed E-state index contributed by atoms with van der Waals surface area (Å²) in [6, 6.07) is 5.36. The summed E-state index contributed by atoms with van der Waals surface area (Å²) in [6.45, 7) is 4.97. The van der Waals surface area contributed by atoms with Crippen LogP contribution in [-0.2, 0) is 9.53 Å². The molecule has 1 heterocycles. The molecule has 1 fully saturated rings. The van der Waals surface area contributed by atoms with Crippen LogP contribution in [-0.4, -0.2) is 31.3 Å². The van der Waals surface area contributed by atoms with Crippen LogP contribution < -0.4 is 10.1 Å². The van der Waals surface area contributed by atoms with E-state index < -0.39 is 6.10 Å². The van der Waals surface area contributed by atoms with Crippen molar-refractivity contribution in [2.45, 2.75) is 38.9 Å². The highest BCUT2D eigenvalue weighted by atomic mass is 35.5. The van der Waals surface area contributed by atoms with Crippen LogP contribution in [0.25, 0.3) is 0 Å². The van der Waals surface area contributed by atoms with Crippen molar-refractivity contribution in [2.24, 2.45) is 0 Å². The first-order valence-corrected chi connectivity index (χ1v) is 7.26. The molecule has 5 heteroatoms. The van der Waals surface area contributed by atoms with Crippen molar-refractivity contribution >= 4 is 17.5 Å². The molecule has 1 aromatic carbocycles. The number of aryl methyl sites for hydroxylation is 1. The van der Waals surface area contributed by atoms with Gasteiger partial charge in [-0.1, -0.05) is 11.6 Å². The predicted octanol–water partition coefficient (Wildman–Crippen LogP) is 2.71. The summed E-state index contributed by atoms with van der Waals surface area (Å²) < 4.78 is 11.1. The monoisotopic (exact) mass is 297 g/mol. The van der Waals surface area contributed by atoms with Crippen molar-refractivity contribution in [2.75, 3.05) is 13.2 Å². The van der Waals surface area contributed by atoms with E-state index in [1.54, 1.807) is 19.1 Å². The first-order valence-electron chi connectivity index (χ1n) is 6.88. The normalized spacial score (nSPS) is 19.6. The van der Waals surface area contributed by atoms with Gasteiger partial charge in [-0.25, -0.2) is 0 Å². The summed E-state index contributed by atoms with van der Waals surface area (Å²) in [5, 5.41) is 3.54. The van der Waals surface area contributed by atoms with E-state index in [-0.39, 0.29) is 12.0 Å². The Kier molecular flexibility index (Phi) is 5.26. The Bertz CT molecular complexity index is 472. The first kappa shape index (κ1) is 15.1. The van der Waals surface area contributed by atoms with Gasteiger partial charge in [0, 0.05) is 18.2 Å². The van der Waals surface area contributed by atoms with Crippen LogP contribution in [0.15, 0.2) is 18.2 Å². The van der Waals surface area contributed by atoms with Crippen LogP contribution in [0.4, 0.5) is 0 Å². The average Bonchev–Trinajstić information content (AvgIpc) is 2.93. The number of benzene rings is 1. The molecule has 2 atom stereocenters. The molecule has 1 amide bonds. The Morgan fingerprint density at radius 1 is 1.60 bits per heavy atom. The van der Waals surface area contributed by atoms with E-state index in [9.17, 15) is 4.79 Å². The molecule has 1 aliphatic heterocycles. The van der Waals surface area contributed by atoms with E-state index in [1.807, 2.05) is 13.0 Å². The van der Waals surface area contributed by atoms with E-state index in [0.29, 0.717) is 17.3 Å². The zero-order valence-corrected chi connectivity index (χ0v) is 12.6. The molecular weight excluding hydrogens is 278 g/mol. The highest BCUT2D eigenvalue weighted by Gasteiger charge is 2.19. The van der Waals surface area contributed by atoms with Crippen LogP contribution in [0.2, 0.25) is 5.02 Å². The van der Waals surface area contributed by atoms with E-state index in [1.165, 1.54) is 0 Å². The van der Waals surface area contributed by atoms with Gasteiger partial charge in [0.2, 0.25) is 0 Å². The molecule has 1 aliphatic rings. The topological polar surface area (TPSA) is 47.6 Å². The maximum Gasteiger partial charge on any atom is 0.260 e. The smallest absolute Gasteiger partial charge is 0.260 e. The fourth-order valence-corrected chi connectivity index (χ4v) is 2.23. The lowest BCUT2D eigenvalue weighted by Crippen LogP contribution is -2.40. The van der Waals surface area contributed by atoms with Crippen LogP contribution in [0.1, 0.15) is 25.3 Å². The summed E-state index contributed by atoms with van der Waals surface area (Å²) in [4.78, 5) is 11.9. The number of carbonyl (C=O) groups excluding carboxylic acids is 1. The van der Waals surface area contributed by atoms with Gasteiger partial charge in [-0.05, 0) is 50.5 Å². The van der Waals surface area contributed by atoms with Gasteiger partial charge >= 0.3 is 0 Å². The second kappa shape index (κ2) is 6.95. The number of hydrogen-bond donors (Lipinski definition) is 1. The Hall–Kier alpha value is -1.26. The van der Waals surface area contributed by atoms with Gasteiger partial charge in [0.15, 0.2) is 6.10 Å². The number of nitrogens with one attached hydrogen (secondary N) is 1. The molecule has 0 unspecified atom stereocenters. The minimum Gasteiger partial charge on any atom is -0.481 e. The number of rotatable bonds is 5. The maximum absolute atomic E-state index is 11.9. The molecule has 2 rings (SSSR count). The second-order valence-electron chi connectivity index (χ2n) is 5.05. The number of hydrogen-bond acceptors (Lipinski definition) is 3. The zero-order chi connectivity index (χ0) is 14.5. The molecule has 1 saturated heterocycles. The highest BCUT2D eigenvalue weighted by Crippen LogP contribution is 2.21. The largest absolute Gasteiger partial charge is 0.481 e. The molecule has 0 bridgehead atoms. The van der Waals surface area contributed by atoms with E-state index in [2.05, 4.69) is 5.32 Å². The molecule has 0 spiro atoms. The number of amides is 1. The third-order valence-electron chi connectivity index (χ3n) is 3.34. The van der Waals surface area contributed by atoms with Crippen LogP contribution in [0.5, 0.6) is 5.75 Å². The fraction of sp³-hybridized carbons (Fsp3) is 0.533. The minimum absolute atomic E-state index is 0.131. The Labute approximate surface area is 124 Å². The number of ether oxygens (including phenoxy) is 2. The van der Waals surface area contributed by atoms with Crippen molar-refractivity contribution in [1.82, 2.24) is 5.32 Å². The number of carbonyl (C=O) groups is 1. The van der Waals surface area contributed by atoms with Gasteiger partial charge in [0.05, 0.1) is 6.10 Å². The molecule has 0 radical (unpaired) electrons. The molecule has 110 valence electrons. The van der Waals surface area contributed by atoms with Crippen molar-refractivity contribution in [3.63, 3.8) is 0 Å². The van der Waals surface area contributed by atoms with Crippen LogP contribution in [0.3, 0.4) is 0 Å². The van der Waals surface area contributed by atoms with Crippen molar-refractivity contribution in [3.05, 3.63) is 28.8 Å². The maximum atomic E-state index is 11.9. The summed E-state index contributed by atoms with van der Waals surface area (Å²) in [5.74, 6) is 0.514. The molecule has 0 saturated carbocycles. The van der Waals surface area contributed by atoms with Crippen LogP contribution >= 0.6 is 11.6 Å². The Morgan fingerprint density at radius 3 is 3.05 bits per heavy atom. The Morgan fingerprint density at radius 2 is 2.40 bits per heavy atom. The molecule has 0 aromatic heterocycles. The SMILES string of the molecule is Cc1cc(O[C@H](C)C(=O)NC[C@@H]2CCCO2)ccc1Cl. The summed E-state index contributed by atoms with van der Waals surface area (Å²) in [7, 11) is 0. The third kappa shape index (κ3) is 4.12. The zero-order valence-electron chi connectivity index (χ0n) is 11.8. The lowest BCUT2D eigenvalue weighted by Gasteiger charge is -2.17. The molecule has 4 nitrogen and oxygen atoms in total. The van der Waals surface area contributed by atoms with Gasteiger partial charge in [-0.15, -0.1) is 0 Å². The van der Waals surface area contributed by atoms with Gasteiger partial charge in [0.1, 0.15) is 5.75 Å². The lowest BCUT2D eigenvalue weighted by atomic mass is 10.2. The molecule has 20 heavy (non-hydrogen) atoms. The summed E-state index contributed by atoms with van der Waals surface area (Å²) in [5.41, 5.74) is 0.927. The molecule has 1 aromatic rings.